The van der Waals surface area contributed by atoms with Crippen molar-refractivity contribution in [3.05, 3.63) is 71.3 Å². The highest BCUT2D eigenvalue weighted by Gasteiger charge is 2.14. The maximum absolute atomic E-state index is 11.4. The molecule has 2 aromatic rings. The molecule has 0 saturated carbocycles. The molecule has 0 aliphatic heterocycles. The minimum Gasteiger partial charge on any atom is -0.393 e. The molecular weight excluding hydrogens is 290 g/mol. The molecule has 2 atom stereocenters. The number of amides is 1. The average molecular weight is 313 g/mol. The first-order valence-corrected chi connectivity index (χ1v) is 7.85. The number of aliphatic hydroxyl groups excluding tert-OH is 1. The maximum atomic E-state index is 11.4. The summed E-state index contributed by atoms with van der Waals surface area (Å²) in [6.07, 6.45) is 1.78. The van der Waals surface area contributed by atoms with E-state index >= 15 is 0 Å². The standard InChI is InChI=1S/C19H23NO3/c1-14(19(22)20-23)17-10-7-15(8-11-17)9-12-18(21)13-16-5-3-2-4-6-16/h2-8,10-11,14,18,21,23H,9,12-13H2,1H3,(H,20,22). The summed E-state index contributed by atoms with van der Waals surface area (Å²) >= 11 is 0. The van der Waals surface area contributed by atoms with Crippen LogP contribution in [-0.4, -0.2) is 22.3 Å². The van der Waals surface area contributed by atoms with Crippen LogP contribution in [0.2, 0.25) is 0 Å². The molecule has 2 aromatic carbocycles. The molecule has 4 heteroatoms. The summed E-state index contributed by atoms with van der Waals surface area (Å²) in [5.41, 5.74) is 4.78. The number of carbonyl (C=O) groups excluding carboxylic acids is 1. The largest absolute Gasteiger partial charge is 0.393 e. The van der Waals surface area contributed by atoms with Crippen LogP contribution in [0.5, 0.6) is 0 Å². The van der Waals surface area contributed by atoms with Gasteiger partial charge in [0.2, 0.25) is 0 Å². The molecule has 1 amide bonds. The van der Waals surface area contributed by atoms with Crippen molar-refractivity contribution < 1.29 is 15.1 Å². The van der Waals surface area contributed by atoms with Crippen LogP contribution >= 0.6 is 0 Å². The Morgan fingerprint density at radius 2 is 1.70 bits per heavy atom. The van der Waals surface area contributed by atoms with Crippen molar-refractivity contribution in [1.29, 1.82) is 0 Å². The molecule has 0 radical (unpaired) electrons. The van der Waals surface area contributed by atoms with Crippen molar-refractivity contribution in [3.63, 3.8) is 0 Å². The second-order valence-electron chi connectivity index (χ2n) is 5.82. The topological polar surface area (TPSA) is 69.6 Å². The lowest BCUT2D eigenvalue weighted by Gasteiger charge is -2.12. The molecule has 2 rings (SSSR count). The van der Waals surface area contributed by atoms with E-state index in [1.54, 1.807) is 12.4 Å². The SMILES string of the molecule is CC(C(=O)NO)c1ccc(CCC(O)Cc2ccccc2)cc1. The summed E-state index contributed by atoms with van der Waals surface area (Å²) in [7, 11) is 0. The van der Waals surface area contributed by atoms with E-state index in [-0.39, 0.29) is 6.10 Å². The normalized spacial score (nSPS) is 13.3. The summed E-state index contributed by atoms with van der Waals surface area (Å²) in [6.45, 7) is 1.74. The number of hydroxylamine groups is 1. The molecule has 23 heavy (non-hydrogen) atoms. The zero-order valence-electron chi connectivity index (χ0n) is 13.3. The fraction of sp³-hybridized carbons (Fsp3) is 0.316. The van der Waals surface area contributed by atoms with Gasteiger partial charge in [0.15, 0.2) is 0 Å². The number of aryl methyl sites for hydroxylation is 1. The Bertz CT molecular complexity index is 610. The highest BCUT2D eigenvalue weighted by molar-refractivity contribution is 5.82. The monoisotopic (exact) mass is 313 g/mol. The number of hydrogen-bond donors (Lipinski definition) is 3. The lowest BCUT2D eigenvalue weighted by Crippen LogP contribution is -2.24. The Hall–Kier alpha value is -2.17. The molecule has 0 saturated heterocycles. The number of hydrogen-bond acceptors (Lipinski definition) is 3. The average Bonchev–Trinajstić information content (AvgIpc) is 2.60. The molecule has 0 aromatic heterocycles. The van der Waals surface area contributed by atoms with E-state index in [1.807, 2.05) is 54.6 Å². The quantitative estimate of drug-likeness (QED) is 0.544. The predicted octanol–water partition coefficient (Wildman–Crippen LogP) is 2.83. The van der Waals surface area contributed by atoms with Crippen LogP contribution in [0.1, 0.15) is 36.0 Å². The summed E-state index contributed by atoms with van der Waals surface area (Å²) in [5.74, 6) is -0.811. The molecular formula is C19H23NO3. The Morgan fingerprint density at radius 3 is 2.30 bits per heavy atom. The van der Waals surface area contributed by atoms with Gasteiger partial charge in [-0.1, -0.05) is 54.6 Å². The molecule has 3 N–H and O–H groups in total. The van der Waals surface area contributed by atoms with Crippen LogP contribution in [0, 0.1) is 0 Å². The smallest absolute Gasteiger partial charge is 0.250 e. The number of nitrogens with one attached hydrogen (secondary N) is 1. The van der Waals surface area contributed by atoms with Gasteiger partial charge in [0.25, 0.3) is 5.91 Å². The van der Waals surface area contributed by atoms with Gasteiger partial charge in [0.1, 0.15) is 0 Å². The number of rotatable bonds is 7. The van der Waals surface area contributed by atoms with Crippen LogP contribution in [0.4, 0.5) is 0 Å². The zero-order chi connectivity index (χ0) is 16.7. The van der Waals surface area contributed by atoms with Crippen LogP contribution in [0.15, 0.2) is 54.6 Å². The third-order valence-electron chi connectivity index (χ3n) is 4.06. The molecule has 0 fully saturated rings. The van der Waals surface area contributed by atoms with E-state index in [9.17, 15) is 9.90 Å². The minimum absolute atomic E-state index is 0.365. The third-order valence-corrected chi connectivity index (χ3v) is 4.06. The molecule has 0 aliphatic rings. The van der Waals surface area contributed by atoms with Gasteiger partial charge in [0.05, 0.1) is 12.0 Å². The number of aliphatic hydroxyl groups is 1. The Morgan fingerprint density at radius 1 is 1.04 bits per heavy atom. The number of benzene rings is 2. The molecule has 122 valence electrons. The van der Waals surface area contributed by atoms with Gasteiger partial charge in [-0.2, -0.15) is 0 Å². The van der Waals surface area contributed by atoms with Crippen molar-refractivity contribution in [1.82, 2.24) is 5.48 Å². The first-order chi connectivity index (χ1) is 11.1. The van der Waals surface area contributed by atoms with E-state index in [1.165, 1.54) is 0 Å². The van der Waals surface area contributed by atoms with Gasteiger partial charge in [-0.15, -0.1) is 0 Å². The Balaban J connectivity index is 1.85. The Labute approximate surface area is 136 Å². The molecule has 4 nitrogen and oxygen atoms in total. The maximum Gasteiger partial charge on any atom is 0.250 e. The highest BCUT2D eigenvalue weighted by Crippen LogP contribution is 2.17. The second kappa shape index (κ2) is 8.46. The first-order valence-electron chi connectivity index (χ1n) is 7.85. The Kier molecular flexibility index (Phi) is 6.32. The van der Waals surface area contributed by atoms with E-state index in [2.05, 4.69) is 0 Å². The van der Waals surface area contributed by atoms with Gasteiger partial charge in [-0.05, 0) is 42.9 Å². The zero-order valence-corrected chi connectivity index (χ0v) is 13.3. The van der Waals surface area contributed by atoms with Gasteiger partial charge in [-0.3, -0.25) is 10.0 Å². The van der Waals surface area contributed by atoms with Crippen molar-refractivity contribution in [2.45, 2.75) is 38.2 Å². The van der Waals surface area contributed by atoms with Gasteiger partial charge in [-0.25, -0.2) is 5.48 Å². The van der Waals surface area contributed by atoms with Crippen molar-refractivity contribution in [2.24, 2.45) is 0 Å². The van der Waals surface area contributed by atoms with Crippen molar-refractivity contribution >= 4 is 5.91 Å². The van der Waals surface area contributed by atoms with Gasteiger partial charge < -0.3 is 5.11 Å². The molecule has 0 aliphatic carbocycles. The van der Waals surface area contributed by atoms with Crippen LogP contribution in [0.25, 0.3) is 0 Å². The van der Waals surface area contributed by atoms with Crippen molar-refractivity contribution in [3.8, 4) is 0 Å². The fourth-order valence-electron chi connectivity index (χ4n) is 2.54. The summed E-state index contributed by atoms with van der Waals surface area (Å²) in [4.78, 5) is 11.4. The molecule has 2 unspecified atom stereocenters. The van der Waals surface area contributed by atoms with Crippen molar-refractivity contribution in [2.75, 3.05) is 0 Å². The third kappa shape index (κ3) is 5.20. The van der Waals surface area contributed by atoms with E-state index in [0.29, 0.717) is 12.8 Å². The van der Waals surface area contributed by atoms with Crippen LogP contribution in [-0.2, 0) is 17.6 Å². The highest BCUT2D eigenvalue weighted by atomic mass is 16.5. The summed E-state index contributed by atoms with van der Waals surface area (Å²) < 4.78 is 0. The molecule has 0 spiro atoms. The second-order valence-corrected chi connectivity index (χ2v) is 5.82. The van der Waals surface area contributed by atoms with E-state index < -0.39 is 11.8 Å². The molecule has 0 heterocycles. The first kappa shape index (κ1) is 17.2. The summed E-state index contributed by atoms with van der Waals surface area (Å²) in [6, 6.07) is 17.7. The van der Waals surface area contributed by atoms with E-state index in [4.69, 9.17) is 5.21 Å². The van der Waals surface area contributed by atoms with E-state index in [0.717, 1.165) is 23.1 Å². The van der Waals surface area contributed by atoms with Crippen LogP contribution < -0.4 is 5.48 Å². The minimum atomic E-state index is -0.420. The molecule has 0 bridgehead atoms. The predicted molar refractivity (Wildman–Crippen MR) is 89.3 cm³/mol. The lowest BCUT2D eigenvalue weighted by molar-refractivity contribution is -0.130. The lowest BCUT2D eigenvalue weighted by atomic mass is 9.97. The van der Waals surface area contributed by atoms with Crippen LogP contribution in [0.3, 0.4) is 0 Å². The van der Waals surface area contributed by atoms with Gasteiger partial charge in [0, 0.05) is 0 Å². The van der Waals surface area contributed by atoms with Gasteiger partial charge >= 0.3 is 0 Å². The summed E-state index contributed by atoms with van der Waals surface area (Å²) in [5, 5.41) is 18.8. The fourth-order valence-corrected chi connectivity index (χ4v) is 2.54. The number of carbonyl (C=O) groups is 1.